The maximum absolute atomic E-state index is 12.4. The fraction of sp³-hybridized carbons (Fsp3) is 0.250. The number of benzene rings is 2. The van der Waals surface area contributed by atoms with Crippen LogP contribution in [0.1, 0.15) is 22.8 Å². The number of amides is 2. The molecule has 4 rings (SSSR count). The quantitative estimate of drug-likeness (QED) is 0.422. The number of aryl methyl sites for hydroxylation is 1. The van der Waals surface area contributed by atoms with Gasteiger partial charge < -0.3 is 25.0 Å². The highest BCUT2D eigenvalue weighted by atomic mass is 32.2. The van der Waals surface area contributed by atoms with Crippen LogP contribution in [0.3, 0.4) is 0 Å². The van der Waals surface area contributed by atoms with Crippen molar-refractivity contribution in [3.05, 3.63) is 71.5 Å². The van der Waals surface area contributed by atoms with E-state index in [0.29, 0.717) is 5.76 Å². The van der Waals surface area contributed by atoms with Crippen LogP contribution in [0.4, 0.5) is 10.6 Å². The maximum atomic E-state index is 12.4. The van der Waals surface area contributed by atoms with Crippen LogP contribution in [-0.2, 0) is 14.3 Å². The fourth-order valence-corrected chi connectivity index (χ4v) is 4.67. The number of hydrogen-bond acceptors (Lipinski definition) is 7. The Kier molecular flexibility index (Phi) is 7.17. The van der Waals surface area contributed by atoms with Crippen LogP contribution >= 0.6 is 11.8 Å². The highest BCUT2D eigenvalue weighted by Gasteiger charge is 2.29. The van der Waals surface area contributed by atoms with E-state index in [1.54, 1.807) is 13.0 Å². The van der Waals surface area contributed by atoms with E-state index in [2.05, 4.69) is 15.8 Å². The predicted molar refractivity (Wildman–Crippen MR) is 127 cm³/mol. The molecule has 0 bridgehead atoms. The number of carboxylic acids is 1. The van der Waals surface area contributed by atoms with Crippen molar-refractivity contribution in [1.82, 2.24) is 10.5 Å². The zero-order valence-electron chi connectivity index (χ0n) is 18.3. The molecule has 1 atom stereocenters. The van der Waals surface area contributed by atoms with Gasteiger partial charge >= 0.3 is 12.1 Å². The Bertz CT molecular complexity index is 1170. The Morgan fingerprint density at radius 2 is 1.76 bits per heavy atom. The molecule has 0 saturated carbocycles. The number of fused-ring (bicyclic) bond motifs is 3. The van der Waals surface area contributed by atoms with Crippen molar-refractivity contribution >= 4 is 35.5 Å². The van der Waals surface area contributed by atoms with Gasteiger partial charge in [0.2, 0.25) is 5.91 Å². The molecule has 1 aromatic heterocycles. The zero-order chi connectivity index (χ0) is 24.1. The van der Waals surface area contributed by atoms with Gasteiger partial charge in [0, 0.05) is 17.7 Å². The normalized spacial score (nSPS) is 13.0. The average molecular weight is 482 g/mol. The summed E-state index contributed by atoms with van der Waals surface area (Å²) in [5.74, 6) is -0.875. The Balaban J connectivity index is 1.28. The van der Waals surface area contributed by atoms with Crippen molar-refractivity contribution in [2.45, 2.75) is 18.9 Å². The Hall–Kier alpha value is -3.79. The van der Waals surface area contributed by atoms with Gasteiger partial charge in [-0.05, 0) is 29.2 Å². The third-order valence-electron chi connectivity index (χ3n) is 5.35. The Morgan fingerprint density at radius 3 is 2.35 bits per heavy atom. The highest BCUT2D eigenvalue weighted by molar-refractivity contribution is 8.00. The number of carbonyl (C=O) groups excluding carboxylic acids is 2. The molecule has 3 N–H and O–H groups in total. The standard InChI is InChI=1S/C24H23N3O6S/c1-14-10-21(27-33-14)26-22(28)13-34-12-20(23(29)30)25-24(31)32-11-19-17-8-4-2-6-15(17)16-7-3-5-9-18(16)19/h2-10,19-20H,11-13H2,1H3,(H,25,31)(H,29,30)(H,26,27,28). The molecule has 2 amide bonds. The number of ether oxygens (including phenoxy) is 1. The zero-order valence-corrected chi connectivity index (χ0v) is 19.1. The van der Waals surface area contributed by atoms with Gasteiger partial charge in [-0.2, -0.15) is 0 Å². The first-order chi connectivity index (χ1) is 16.4. The molecule has 1 aliphatic carbocycles. The van der Waals surface area contributed by atoms with Gasteiger partial charge in [-0.15, -0.1) is 11.8 Å². The first-order valence-corrected chi connectivity index (χ1v) is 11.7. The molecule has 176 valence electrons. The molecule has 0 radical (unpaired) electrons. The fourth-order valence-electron chi connectivity index (χ4n) is 3.83. The minimum atomic E-state index is -1.21. The van der Waals surface area contributed by atoms with Crippen LogP contribution in [0.15, 0.2) is 59.1 Å². The molecule has 1 unspecified atom stereocenters. The number of rotatable bonds is 9. The molecule has 10 heteroatoms. The van der Waals surface area contributed by atoms with Gasteiger partial charge in [-0.3, -0.25) is 4.79 Å². The van der Waals surface area contributed by atoms with E-state index < -0.39 is 18.1 Å². The topological polar surface area (TPSA) is 131 Å². The number of carbonyl (C=O) groups is 3. The molecule has 0 saturated heterocycles. The molecule has 2 aromatic carbocycles. The first-order valence-electron chi connectivity index (χ1n) is 10.6. The van der Waals surface area contributed by atoms with Crippen LogP contribution in [0, 0.1) is 6.92 Å². The molecule has 0 spiro atoms. The SMILES string of the molecule is Cc1cc(NC(=O)CSCC(NC(=O)OCC2c3ccccc3-c3ccccc32)C(=O)O)no1. The second-order valence-electron chi connectivity index (χ2n) is 7.75. The van der Waals surface area contributed by atoms with E-state index in [1.165, 1.54) is 0 Å². The van der Waals surface area contributed by atoms with Gasteiger partial charge in [0.15, 0.2) is 5.82 Å². The third kappa shape index (κ3) is 5.40. The van der Waals surface area contributed by atoms with Gasteiger partial charge in [-0.1, -0.05) is 53.7 Å². The van der Waals surface area contributed by atoms with E-state index in [0.717, 1.165) is 34.0 Å². The third-order valence-corrected chi connectivity index (χ3v) is 6.38. The number of nitrogens with zero attached hydrogens (tertiary/aromatic N) is 1. The number of aliphatic carboxylic acids is 1. The van der Waals surface area contributed by atoms with Crippen molar-refractivity contribution < 1.29 is 28.8 Å². The predicted octanol–water partition coefficient (Wildman–Crippen LogP) is 3.65. The van der Waals surface area contributed by atoms with Crippen molar-refractivity contribution in [2.24, 2.45) is 0 Å². The van der Waals surface area contributed by atoms with E-state index >= 15 is 0 Å². The second-order valence-corrected chi connectivity index (χ2v) is 8.78. The average Bonchev–Trinajstić information content (AvgIpc) is 3.37. The van der Waals surface area contributed by atoms with E-state index in [4.69, 9.17) is 9.26 Å². The number of nitrogens with one attached hydrogen (secondary N) is 2. The van der Waals surface area contributed by atoms with E-state index in [1.807, 2.05) is 48.5 Å². The van der Waals surface area contributed by atoms with Gasteiger partial charge in [0.1, 0.15) is 18.4 Å². The lowest BCUT2D eigenvalue weighted by Gasteiger charge is -2.17. The molecule has 34 heavy (non-hydrogen) atoms. The largest absolute Gasteiger partial charge is 0.480 e. The molecule has 1 heterocycles. The van der Waals surface area contributed by atoms with Crippen LogP contribution in [0.25, 0.3) is 11.1 Å². The summed E-state index contributed by atoms with van der Waals surface area (Å²) < 4.78 is 10.3. The summed E-state index contributed by atoms with van der Waals surface area (Å²) in [5.41, 5.74) is 4.34. The van der Waals surface area contributed by atoms with Crippen LogP contribution in [0.2, 0.25) is 0 Å². The van der Waals surface area contributed by atoms with Crippen LogP contribution < -0.4 is 10.6 Å². The number of thioether (sulfide) groups is 1. The van der Waals surface area contributed by atoms with E-state index in [9.17, 15) is 19.5 Å². The summed E-state index contributed by atoms with van der Waals surface area (Å²) in [6.07, 6.45) is -0.822. The molecular weight excluding hydrogens is 458 g/mol. The van der Waals surface area contributed by atoms with Gasteiger partial charge in [0.05, 0.1) is 5.75 Å². The molecule has 0 fully saturated rings. The van der Waals surface area contributed by atoms with Crippen LogP contribution in [0.5, 0.6) is 0 Å². The highest BCUT2D eigenvalue weighted by Crippen LogP contribution is 2.44. The lowest BCUT2D eigenvalue weighted by molar-refractivity contribution is -0.138. The molecular formula is C24H23N3O6S. The number of alkyl carbamates (subject to hydrolysis) is 1. The Labute approximate surface area is 199 Å². The van der Waals surface area contributed by atoms with Crippen molar-refractivity contribution in [3.8, 4) is 11.1 Å². The summed E-state index contributed by atoms with van der Waals surface area (Å²) >= 11 is 1.07. The first kappa shape index (κ1) is 23.4. The summed E-state index contributed by atoms with van der Waals surface area (Å²) in [5, 5.41) is 18.0. The number of aromatic nitrogens is 1. The van der Waals surface area contributed by atoms with Crippen LogP contribution in [-0.4, -0.2) is 52.4 Å². The second kappa shape index (κ2) is 10.4. The number of carboxylic acid groups (broad SMARTS) is 1. The molecule has 3 aromatic rings. The minimum Gasteiger partial charge on any atom is -0.480 e. The number of anilines is 1. The van der Waals surface area contributed by atoms with Gasteiger partial charge in [-0.25, -0.2) is 9.59 Å². The molecule has 9 nitrogen and oxygen atoms in total. The Morgan fingerprint density at radius 1 is 1.12 bits per heavy atom. The monoisotopic (exact) mass is 481 g/mol. The number of hydrogen-bond donors (Lipinski definition) is 3. The van der Waals surface area contributed by atoms with Crippen molar-refractivity contribution in [3.63, 3.8) is 0 Å². The van der Waals surface area contributed by atoms with E-state index in [-0.39, 0.29) is 35.8 Å². The van der Waals surface area contributed by atoms with Gasteiger partial charge in [0.25, 0.3) is 0 Å². The van der Waals surface area contributed by atoms with Crippen molar-refractivity contribution in [1.29, 1.82) is 0 Å². The smallest absolute Gasteiger partial charge is 0.407 e. The summed E-state index contributed by atoms with van der Waals surface area (Å²) in [4.78, 5) is 35.9. The summed E-state index contributed by atoms with van der Waals surface area (Å²) in [7, 11) is 0. The summed E-state index contributed by atoms with van der Waals surface area (Å²) in [6.45, 7) is 1.78. The maximum Gasteiger partial charge on any atom is 0.407 e. The molecule has 0 aliphatic heterocycles. The van der Waals surface area contributed by atoms with Crippen molar-refractivity contribution in [2.75, 3.05) is 23.4 Å². The molecule has 1 aliphatic rings. The summed E-state index contributed by atoms with van der Waals surface area (Å²) in [6, 6.07) is 16.3. The minimum absolute atomic E-state index is 0.00913. The lowest BCUT2D eigenvalue weighted by Crippen LogP contribution is -2.43. The lowest BCUT2D eigenvalue weighted by atomic mass is 9.98.